The van der Waals surface area contributed by atoms with Crippen molar-refractivity contribution in [3.63, 3.8) is 0 Å². The maximum atomic E-state index is 11.5. The van der Waals surface area contributed by atoms with Crippen molar-refractivity contribution in [2.24, 2.45) is 0 Å². The van der Waals surface area contributed by atoms with Gasteiger partial charge in [0, 0.05) is 6.08 Å². The Bertz CT molecular complexity index is 153. The van der Waals surface area contributed by atoms with Crippen LogP contribution in [0.5, 0.6) is 0 Å². The van der Waals surface area contributed by atoms with Gasteiger partial charge in [0.05, 0.1) is 12.2 Å². The Morgan fingerprint density at radius 1 is 1.17 bits per heavy atom. The molecule has 0 aromatic rings. The second-order valence-electron chi connectivity index (χ2n) is 3.37. The second-order valence-corrected chi connectivity index (χ2v) is 3.37. The molecule has 0 aliphatic rings. The van der Waals surface area contributed by atoms with Crippen molar-refractivity contribution < 1.29 is 17.9 Å². The lowest BCUT2D eigenvalue weighted by Crippen LogP contribution is -2.19. The number of alkyl halides is 3. The highest BCUT2D eigenvalue weighted by Crippen LogP contribution is 2.16. The highest BCUT2D eigenvalue weighted by molar-refractivity contribution is 4.88. The van der Waals surface area contributed by atoms with Gasteiger partial charge in [-0.3, -0.25) is 0 Å². The van der Waals surface area contributed by atoms with E-state index < -0.39 is 11.8 Å². The molecule has 12 heavy (non-hydrogen) atoms. The molecule has 0 heterocycles. The van der Waals surface area contributed by atoms with Crippen LogP contribution in [-0.2, 0) is 4.74 Å². The topological polar surface area (TPSA) is 9.23 Å². The van der Waals surface area contributed by atoms with Crippen LogP contribution in [0.4, 0.5) is 13.2 Å². The minimum Gasteiger partial charge on any atom is -0.372 e. The molecular weight excluding hydrogens is 169 g/mol. The summed E-state index contributed by atoms with van der Waals surface area (Å²) in [4.78, 5) is 0. The van der Waals surface area contributed by atoms with E-state index in [-0.39, 0.29) is 12.7 Å². The van der Waals surface area contributed by atoms with Crippen LogP contribution in [0.1, 0.15) is 20.8 Å². The van der Waals surface area contributed by atoms with E-state index in [0.29, 0.717) is 0 Å². The zero-order valence-electron chi connectivity index (χ0n) is 7.40. The Morgan fingerprint density at radius 2 is 1.67 bits per heavy atom. The average molecular weight is 182 g/mol. The molecule has 0 saturated heterocycles. The van der Waals surface area contributed by atoms with E-state index in [1.54, 1.807) is 20.8 Å². The Labute approximate surface area is 70.2 Å². The molecule has 0 N–H and O–H groups in total. The fourth-order valence-corrected chi connectivity index (χ4v) is 0.480. The molecule has 72 valence electrons. The Balaban J connectivity index is 3.64. The van der Waals surface area contributed by atoms with Gasteiger partial charge in [-0.05, 0) is 20.8 Å². The standard InChI is InChI=1S/C8H13F3O/c1-7(2,3)12-6-4-5-8(9,10)11/h4-5H,6H2,1-3H3. The molecule has 0 bridgehead atoms. The largest absolute Gasteiger partial charge is 0.409 e. The summed E-state index contributed by atoms with van der Waals surface area (Å²) in [5.41, 5.74) is -0.393. The van der Waals surface area contributed by atoms with Crippen LogP contribution in [0.15, 0.2) is 12.2 Å². The summed E-state index contributed by atoms with van der Waals surface area (Å²) in [6.45, 7) is 5.35. The van der Waals surface area contributed by atoms with Gasteiger partial charge in [-0.1, -0.05) is 6.08 Å². The molecule has 0 fully saturated rings. The number of hydrogen-bond acceptors (Lipinski definition) is 1. The number of ether oxygens (including phenoxy) is 1. The van der Waals surface area contributed by atoms with Gasteiger partial charge >= 0.3 is 6.18 Å². The maximum absolute atomic E-state index is 11.5. The third-order valence-electron chi connectivity index (χ3n) is 0.919. The van der Waals surface area contributed by atoms with E-state index >= 15 is 0 Å². The van der Waals surface area contributed by atoms with Gasteiger partial charge in [0.1, 0.15) is 0 Å². The van der Waals surface area contributed by atoms with Crippen LogP contribution in [0.2, 0.25) is 0 Å². The van der Waals surface area contributed by atoms with Crippen molar-refractivity contribution >= 4 is 0 Å². The Kier molecular flexibility index (Phi) is 3.77. The van der Waals surface area contributed by atoms with Gasteiger partial charge in [0.2, 0.25) is 0 Å². The predicted octanol–water partition coefficient (Wildman–Crippen LogP) is 2.92. The van der Waals surface area contributed by atoms with E-state index in [1.165, 1.54) is 0 Å². The summed E-state index contributed by atoms with van der Waals surface area (Å²) in [5, 5.41) is 0. The predicted molar refractivity (Wildman–Crippen MR) is 40.9 cm³/mol. The molecule has 0 unspecified atom stereocenters. The van der Waals surface area contributed by atoms with Crippen molar-refractivity contribution in [3.05, 3.63) is 12.2 Å². The van der Waals surface area contributed by atoms with Gasteiger partial charge in [0.15, 0.2) is 0 Å². The fraction of sp³-hybridized carbons (Fsp3) is 0.750. The van der Waals surface area contributed by atoms with E-state index in [0.717, 1.165) is 6.08 Å². The quantitative estimate of drug-likeness (QED) is 0.596. The molecule has 0 rings (SSSR count). The molecule has 0 amide bonds. The first-order chi connectivity index (χ1) is 5.21. The summed E-state index contributed by atoms with van der Waals surface area (Å²) in [5.74, 6) is 0. The Hall–Kier alpha value is -0.510. The normalized spacial score (nSPS) is 14.2. The minimum absolute atomic E-state index is 0.0109. The van der Waals surface area contributed by atoms with Crippen LogP contribution in [0, 0.1) is 0 Å². The van der Waals surface area contributed by atoms with E-state index in [4.69, 9.17) is 4.74 Å². The fourth-order valence-electron chi connectivity index (χ4n) is 0.480. The lowest BCUT2D eigenvalue weighted by atomic mass is 10.2. The number of halogens is 3. The molecular formula is C8H13F3O. The molecule has 0 aromatic carbocycles. The molecule has 1 nitrogen and oxygen atoms in total. The first-order valence-corrected chi connectivity index (χ1v) is 3.59. The zero-order valence-corrected chi connectivity index (χ0v) is 7.40. The van der Waals surface area contributed by atoms with Crippen molar-refractivity contribution in [1.29, 1.82) is 0 Å². The van der Waals surface area contributed by atoms with Crippen molar-refractivity contribution in [1.82, 2.24) is 0 Å². The molecule has 0 saturated carbocycles. The van der Waals surface area contributed by atoms with Crippen molar-refractivity contribution in [2.45, 2.75) is 32.5 Å². The molecule has 0 spiro atoms. The van der Waals surface area contributed by atoms with Gasteiger partial charge < -0.3 is 4.74 Å². The van der Waals surface area contributed by atoms with Gasteiger partial charge in [-0.25, -0.2) is 0 Å². The smallest absolute Gasteiger partial charge is 0.372 e. The van der Waals surface area contributed by atoms with Gasteiger partial charge in [-0.2, -0.15) is 13.2 Å². The molecule has 0 aromatic heterocycles. The lowest BCUT2D eigenvalue weighted by Gasteiger charge is -2.17. The average Bonchev–Trinajstić information content (AvgIpc) is 1.76. The molecule has 0 atom stereocenters. The molecule has 4 heteroatoms. The summed E-state index contributed by atoms with van der Waals surface area (Å²) >= 11 is 0. The number of allylic oxidation sites excluding steroid dienone is 1. The third kappa shape index (κ3) is 9.49. The highest BCUT2D eigenvalue weighted by Gasteiger charge is 2.21. The third-order valence-corrected chi connectivity index (χ3v) is 0.919. The summed E-state index contributed by atoms with van der Waals surface area (Å²) in [7, 11) is 0. The summed E-state index contributed by atoms with van der Waals surface area (Å²) < 4.78 is 39.6. The van der Waals surface area contributed by atoms with Crippen LogP contribution in [0.25, 0.3) is 0 Å². The number of rotatable bonds is 2. The van der Waals surface area contributed by atoms with Crippen molar-refractivity contribution in [3.8, 4) is 0 Å². The summed E-state index contributed by atoms with van der Waals surface area (Å²) in [6, 6.07) is 0. The molecule has 0 aliphatic heterocycles. The Morgan fingerprint density at radius 3 is 2.00 bits per heavy atom. The SMILES string of the molecule is CC(C)(C)OCC=CC(F)(F)F. The van der Waals surface area contributed by atoms with E-state index in [9.17, 15) is 13.2 Å². The van der Waals surface area contributed by atoms with Crippen LogP contribution < -0.4 is 0 Å². The second kappa shape index (κ2) is 3.94. The lowest BCUT2D eigenvalue weighted by molar-refractivity contribution is -0.0809. The minimum atomic E-state index is -4.23. The first-order valence-electron chi connectivity index (χ1n) is 3.59. The monoisotopic (exact) mass is 182 g/mol. The van der Waals surface area contributed by atoms with Crippen LogP contribution in [0.3, 0.4) is 0 Å². The van der Waals surface area contributed by atoms with Crippen LogP contribution in [-0.4, -0.2) is 18.4 Å². The highest BCUT2D eigenvalue weighted by atomic mass is 19.4. The maximum Gasteiger partial charge on any atom is 0.409 e. The first kappa shape index (κ1) is 11.5. The number of hydrogen-bond donors (Lipinski definition) is 0. The molecule has 0 radical (unpaired) electrons. The van der Waals surface area contributed by atoms with Gasteiger partial charge in [0.25, 0.3) is 0 Å². The van der Waals surface area contributed by atoms with Crippen molar-refractivity contribution in [2.75, 3.05) is 6.61 Å². The molecule has 0 aliphatic carbocycles. The van der Waals surface area contributed by atoms with E-state index in [2.05, 4.69) is 0 Å². The van der Waals surface area contributed by atoms with E-state index in [1.807, 2.05) is 0 Å². The van der Waals surface area contributed by atoms with Crippen LogP contribution >= 0.6 is 0 Å². The summed E-state index contributed by atoms with van der Waals surface area (Å²) in [6.07, 6.45) is -3.09. The van der Waals surface area contributed by atoms with Gasteiger partial charge in [-0.15, -0.1) is 0 Å². The zero-order chi connectivity index (χ0) is 9.83.